The predicted molar refractivity (Wildman–Crippen MR) is 87.6 cm³/mol. The number of aryl methyl sites for hydroxylation is 1. The lowest BCUT2D eigenvalue weighted by Gasteiger charge is -2.09. The zero-order valence-electron chi connectivity index (χ0n) is 12.7. The van der Waals surface area contributed by atoms with Gasteiger partial charge in [0.1, 0.15) is 12.3 Å². The molecule has 0 spiro atoms. The summed E-state index contributed by atoms with van der Waals surface area (Å²) in [5.41, 5.74) is 4.43. The molecule has 0 aliphatic rings. The van der Waals surface area contributed by atoms with Gasteiger partial charge in [-0.15, -0.1) is 0 Å². The molecule has 0 aliphatic carbocycles. The summed E-state index contributed by atoms with van der Waals surface area (Å²) in [4.78, 5) is 15.7. The fraction of sp³-hybridized carbons (Fsp3) is 0.176. The van der Waals surface area contributed by atoms with E-state index in [9.17, 15) is 4.79 Å². The van der Waals surface area contributed by atoms with Crippen molar-refractivity contribution in [3.05, 3.63) is 59.0 Å². The molecule has 3 aromatic rings. The molecule has 0 saturated heterocycles. The summed E-state index contributed by atoms with van der Waals surface area (Å²) in [7, 11) is 1.28. The van der Waals surface area contributed by atoms with Crippen LogP contribution in [-0.4, -0.2) is 22.6 Å². The Labute approximate surface area is 138 Å². The van der Waals surface area contributed by atoms with Gasteiger partial charge in [0.25, 0.3) is 0 Å². The largest absolute Gasteiger partial charge is 0.508 e. The molecular weight excluding hydrogens is 316 g/mol. The number of fused-ring (bicyclic) bond motifs is 1. The van der Waals surface area contributed by atoms with E-state index in [0.717, 1.165) is 28.0 Å². The first-order valence-corrected chi connectivity index (χ1v) is 7.39. The second-order valence-electron chi connectivity index (χ2n) is 5.13. The highest BCUT2D eigenvalue weighted by Crippen LogP contribution is 2.28. The summed E-state index contributed by atoms with van der Waals surface area (Å²) >= 11 is 6.10. The van der Waals surface area contributed by atoms with Crippen molar-refractivity contribution in [3.63, 3.8) is 0 Å². The Bertz CT molecular complexity index is 873. The third kappa shape index (κ3) is 3.29. The Morgan fingerprint density at radius 3 is 2.87 bits per heavy atom. The Balaban J connectivity index is 2.09. The second kappa shape index (κ2) is 6.30. The van der Waals surface area contributed by atoms with Gasteiger partial charge in [-0.05, 0) is 30.7 Å². The number of carbonyl (C=O) groups excluding carboxylic acids is 1. The fourth-order valence-corrected chi connectivity index (χ4v) is 2.62. The van der Waals surface area contributed by atoms with E-state index in [1.54, 1.807) is 0 Å². The SMILES string of the molecule is COC(=O)OCc1cc(-c2cccc(Cl)c2)c2nc(C)cn2c1. The first kappa shape index (κ1) is 15.4. The maximum atomic E-state index is 11.2. The average molecular weight is 331 g/mol. The van der Waals surface area contributed by atoms with Crippen LogP contribution in [0.25, 0.3) is 16.8 Å². The van der Waals surface area contributed by atoms with Crippen molar-refractivity contribution in [2.24, 2.45) is 0 Å². The molecule has 2 heterocycles. The number of ether oxygens (including phenoxy) is 2. The van der Waals surface area contributed by atoms with Gasteiger partial charge in [0.05, 0.1) is 12.8 Å². The van der Waals surface area contributed by atoms with Crippen molar-refractivity contribution in [1.29, 1.82) is 0 Å². The quantitative estimate of drug-likeness (QED) is 0.674. The minimum Gasteiger partial charge on any atom is -0.438 e. The van der Waals surface area contributed by atoms with Crippen LogP contribution in [0.5, 0.6) is 0 Å². The number of halogens is 1. The van der Waals surface area contributed by atoms with Gasteiger partial charge < -0.3 is 13.9 Å². The highest BCUT2D eigenvalue weighted by molar-refractivity contribution is 6.30. The van der Waals surface area contributed by atoms with E-state index >= 15 is 0 Å². The lowest BCUT2D eigenvalue weighted by atomic mass is 10.1. The summed E-state index contributed by atoms with van der Waals surface area (Å²) < 4.78 is 11.4. The van der Waals surface area contributed by atoms with Crippen LogP contribution in [0, 0.1) is 6.92 Å². The lowest BCUT2D eigenvalue weighted by molar-refractivity contribution is 0.0668. The van der Waals surface area contributed by atoms with E-state index in [2.05, 4.69) is 9.72 Å². The smallest absolute Gasteiger partial charge is 0.438 e. The predicted octanol–water partition coefficient (Wildman–Crippen LogP) is 4.25. The number of hydrogen-bond donors (Lipinski definition) is 0. The molecule has 1 aromatic carbocycles. The number of rotatable bonds is 3. The van der Waals surface area contributed by atoms with Crippen LogP contribution >= 0.6 is 11.6 Å². The van der Waals surface area contributed by atoms with E-state index in [-0.39, 0.29) is 6.61 Å². The summed E-state index contributed by atoms with van der Waals surface area (Å²) in [5.74, 6) is 0. The lowest BCUT2D eigenvalue weighted by Crippen LogP contribution is -2.05. The van der Waals surface area contributed by atoms with Crippen LogP contribution < -0.4 is 0 Å². The highest BCUT2D eigenvalue weighted by atomic mass is 35.5. The third-order valence-corrected chi connectivity index (χ3v) is 3.62. The molecule has 0 bridgehead atoms. The van der Waals surface area contributed by atoms with E-state index in [0.29, 0.717) is 5.02 Å². The van der Waals surface area contributed by atoms with Gasteiger partial charge in [-0.25, -0.2) is 9.78 Å². The number of aromatic nitrogens is 2. The van der Waals surface area contributed by atoms with Gasteiger partial charge >= 0.3 is 6.16 Å². The topological polar surface area (TPSA) is 52.8 Å². The van der Waals surface area contributed by atoms with Crippen molar-refractivity contribution in [3.8, 4) is 11.1 Å². The second-order valence-corrected chi connectivity index (χ2v) is 5.56. The first-order chi connectivity index (χ1) is 11.1. The van der Waals surface area contributed by atoms with Crippen molar-refractivity contribution >= 4 is 23.4 Å². The molecular formula is C17H15ClN2O3. The van der Waals surface area contributed by atoms with E-state index in [4.69, 9.17) is 16.3 Å². The van der Waals surface area contributed by atoms with Crippen LogP contribution in [-0.2, 0) is 16.1 Å². The number of hydrogen-bond acceptors (Lipinski definition) is 4. The van der Waals surface area contributed by atoms with Gasteiger partial charge in [-0.2, -0.15) is 0 Å². The van der Waals surface area contributed by atoms with Crippen LogP contribution in [0.15, 0.2) is 42.7 Å². The average Bonchev–Trinajstić information content (AvgIpc) is 2.91. The minimum atomic E-state index is -0.712. The van der Waals surface area contributed by atoms with Crippen LogP contribution in [0.3, 0.4) is 0 Å². The van der Waals surface area contributed by atoms with E-state index < -0.39 is 6.16 Å². The zero-order chi connectivity index (χ0) is 16.4. The molecule has 5 nitrogen and oxygen atoms in total. The zero-order valence-corrected chi connectivity index (χ0v) is 13.5. The van der Waals surface area contributed by atoms with Crippen molar-refractivity contribution in [2.45, 2.75) is 13.5 Å². The fourth-order valence-electron chi connectivity index (χ4n) is 2.43. The number of nitrogens with zero attached hydrogens (tertiary/aromatic N) is 2. The van der Waals surface area contributed by atoms with Crippen LogP contribution in [0.2, 0.25) is 5.02 Å². The molecule has 2 aromatic heterocycles. The Morgan fingerprint density at radius 2 is 2.13 bits per heavy atom. The molecule has 0 N–H and O–H groups in total. The molecule has 0 aliphatic heterocycles. The molecule has 0 saturated carbocycles. The summed E-state index contributed by atoms with van der Waals surface area (Å²) in [5, 5.41) is 0.653. The Kier molecular flexibility index (Phi) is 4.21. The summed E-state index contributed by atoms with van der Waals surface area (Å²) in [6.45, 7) is 2.05. The van der Waals surface area contributed by atoms with Crippen molar-refractivity contribution in [2.75, 3.05) is 7.11 Å². The molecule has 6 heteroatoms. The standard InChI is InChI=1S/C17H15ClN2O3/c1-11-8-20-9-12(10-23-17(21)22-2)6-15(16(20)19-11)13-4-3-5-14(18)7-13/h3-9H,10H2,1-2H3. The Morgan fingerprint density at radius 1 is 1.30 bits per heavy atom. The molecule has 0 fully saturated rings. The summed E-state index contributed by atoms with van der Waals surface area (Å²) in [6, 6.07) is 9.50. The maximum Gasteiger partial charge on any atom is 0.508 e. The molecule has 0 atom stereocenters. The number of methoxy groups -OCH3 is 1. The normalized spacial score (nSPS) is 10.7. The summed E-state index contributed by atoms with van der Waals surface area (Å²) in [6.07, 6.45) is 3.09. The van der Waals surface area contributed by atoms with Crippen molar-refractivity contribution < 1.29 is 14.3 Å². The number of benzene rings is 1. The van der Waals surface area contributed by atoms with Gasteiger partial charge in [0.2, 0.25) is 0 Å². The van der Waals surface area contributed by atoms with Crippen molar-refractivity contribution in [1.82, 2.24) is 9.38 Å². The van der Waals surface area contributed by atoms with Crippen LogP contribution in [0.4, 0.5) is 4.79 Å². The number of imidazole rings is 1. The van der Waals surface area contributed by atoms with Gasteiger partial charge in [-0.3, -0.25) is 0 Å². The van der Waals surface area contributed by atoms with Gasteiger partial charge in [0.15, 0.2) is 0 Å². The molecule has 3 rings (SSSR count). The molecule has 0 amide bonds. The van der Waals surface area contributed by atoms with Gasteiger partial charge in [-0.1, -0.05) is 23.7 Å². The monoisotopic (exact) mass is 330 g/mol. The Hall–Kier alpha value is -2.53. The van der Waals surface area contributed by atoms with Gasteiger partial charge in [0, 0.05) is 28.5 Å². The van der Waals surface area contributed by atoms with E-state index in [1.165, 1.54) is 7.11 Å². The number of carbonyl (C=O) groups is 1. The van der Waals surface area contributed by atoms with Crippen LogP contribution in [0.1, 0.15) is 11.3 Å². The van der Waals surface area contributed by atoms with E-state index in [1.807, 2.05) is 54.0 Å². The molecule has 0 unspecified atom stereocenters. The minimum absolute atomic E-state index is 0.118. The highest BCUT2D eigenvalue weighted by Gasteiger charge is 2.11. The first-order valence-electron chi connectivity index (χ1n) is 7.02. The molecule has 0 radical (unpaired) electrons. The number of pyridine rings is 1. The maximum absolute atomic E-state index is 11.2. The third-order valence-electron chi connectivity index (χ3n) is 3.39. The molecule has 118 valence electrons. The molecule has 23 heavy (non-hydrogen) atoms.